The van der Waals surface area contributed by atoms with Crippen molar-refractivity contribution in [2.24, 2.45) is 0 Å². The second-order valence-corrected chi connectivity index (χ2v) is 4.99. The SMILES string of the molecule is Clc1cccc(/C=C/c2nc(N3CCNCC3)no2)c1. The molecule has 0 aliphatic carbocycles. The summed E-state index contributed by atoms with van der Waals surface area (Å²) in [5.74, 6) is 1.15. The average molecular weight is 291 g/mol. The molecular weight excluding hydrogens is 276 g/mol. The molecule has 1 N–H and O–H groups in total. The van der Waals surface area contributed by atoms with Crippen LogP contribution in [0.2, 0.25) is 5.02 Å². The minimum absolute atomic E-state index is 0.499. The van der Waals surface area contributed by atoms with Crippen LogP contribution in [0.15, 0.2) is 28.8 Å². The zero-order valence-electron chi connectivity index (χ0n) is 10.9. The Morgan fingerprint density at radius 3 is 2.90 bits per heavy atom. The largest absolute Gasteiger partial charge is 0.336 e. The van der Waals surface area contributed by atoms with Crippen LogP contribution < -0.4 is 10.2 Å². The van der Waals surface area contributed by atoms with Gasteiger partial charge in [-0.05, 0) is 28.9 Å². The van der Waals surface area contributed by atoms with Crippen molar-refractivity contribution < 1.29 is 4.52 Å². The summed E-state index contributed by atoms with van der Waals surface area (Å²) in [7, 11) is 0. The van der Waals surface area contributed by atoms with Gasteiger partial charge in [0, 0.05) is 37.3 Å². The summed E-state index contributed by atoms with van der Waals surface area (Å²) in [5, 5.41) is 8.00. The molecule has 0 atom stereocenters. The van der Waals surface area contributed by atoms with E-state index in [1.54, 1.807) is 6.08 Å². The van der Waals surface area contributed by atoms with Gasteiger partial charge in [-0.2, -0.15) is 4.98 Å². The van der Waals surface area contributed by atoms with Crippen LogP contribution >= 0.6 is 11.6 Å². The van der Waals surface area contributed by atoms with Crippen molar-refractivity contribution in [3.63, 3.8) is 0 Å². The Hall–Kier alpha value is -1.85. The second kappa shape index (κ2) is 6.07. The molecule has 2 heterocycles. The molecule has 1 fully saturated rings. The fourth-order valence-corrected chi connectivity index (χ4v) is 2.26. The van der Waals surface area contributed by atoms with Crippen LogP contribution in [0.1, 0.15) is 11.5 Å². The number of rotatable bonds is 3. The number of piperazine rings is 1. The Bertz CT molecular complexity index is 605. The third-order valence-corrected chi connectivity index (χ3v) is 3.33. The molecule has 0 radical (unpaired) electrons. The van der Waals surface area contributed by atoms with Crippen LogP contribution in [0.25, 0.3) is 12.2 Å². The maximum Gasteiger partial charge on any atom is 0.266 e. The highest BCUT2D eigenvalue weighted by Gasteiger charge is 2.15. The lowest BCUT2D eigenvalue weighted by atomic mass is 10.2. The van der Waals surface area contributed by atoms with E-state index in [1.165, 1.54) is 0 Å². The molecule has 5 nitrogen and oxygen atoms in total. The molecule has 0 spiro atoms. The Morgan fingerprint density at radius 2 is 2.10 bits per heavy atom. The van der Waals surface area contributed by atoms with Crippen molar-refractivity contribution in [1.29, 1.82) is 0 Å². The summed E-state index contributed by atoms with van der Waals surface area (Å²) >= 11 is 5.93. The first kappa shape index (κ1) is 13.1. The third kappa shape index (κ3) is 3.18. The summed E-state index contributed by atoms with van der Waals surface area (Å²) < 4.78 is 5.23. The number of hydrogen-bond donors (Lipinski definition) is 1. The van der Waals surface area contributed by atoms with E-state index in [0.29, 0.717) is 16.9 Å². The quantitative estimate of drug-likeness (QED) is 0.940. The Labute approximate surface area is 122 Å². The Morgan fingerprint density at radius 1 is 1.25 bits per heavy atom. The lowest BCUT2D eigenvalue weighted by Gasteiger charge is -2.25. The van der Waals surface area contributed by atoms with E-state index in [9.17, 15) is 0 Å². The van der Waals surface area contributed by atoms with E-state index in [-0.39, 0.29) is 0 Å². The standard InChI is InChI=1S/C14H15ClN4O/c15-12-3-1-2-11(10-12)4-5-13-17-14(18-20-13)19-8-6-16-7-9-19/h1-5,10,16H,6-9H2/b5-4+. The number of nitrogens with one attached hydrogen (secondary N) is 1. The first-order chi connectivity index (χ1) is 9.81. The van der Waals surface area contributed by atoms with Gasteiger partial charge in [0.25, 0.3) is 11.8 Å². The van der Waals surface area contributed by atoms with E-state index < -0.39 is 0 Å². The van der Waals surface area contributed by atoms with Crippen molar-refractivity contribution in [3.8, 4) is 0 Å². The number of halogens is 1. The molecule has 2 aromatic rings. The van der Waals surface area contributed by atoms with Crippen LogP contribution in [-0.4, -0.2) is 36.3 Å². The maximum atomic E-state index is 5.93. The Kier molecular flexibility index (Phi) is 3.99. The summed E-state index contributed by atoms with van der Waals surface area (Å²) in [6.07, 6.45) is 3.70. The molecule has 104 valence electrons. The summed E-state index contributed by atoms with van der Waals surface area (Å²) in [6.45, 7) is 3.69. The zero-order valence-corrected chi connectivity index (χ0v) is 11.7. The average Bonchev–Trinajstić information content (AvgIpc) is 2.95. The van der Waals surface area contributed by atoms with Crippen LogP contribution in [0.3, 0.4) is 0 Å². The summed E-state index contributed by atoms with van der Waals surface area (Å²) in [5.41, 5.74) is 0.999. The predicted molar refractivity (Wildman–Crippen MR) is 79.8 cm³/mol. The van der Waals surface area contributed by atoms with Crippen molar-refractivity contribution in [2.75, 3.05) is 31.1 Å². The number of aromatic nitrogens is 2. The first-order valence-corrected chi connectivity index (χ1v) is 6.92. The van der Waals surface area contributed by atoms with Gasteiger partial charge in [-0.3, -0.25) is 0 Å². The predicted octanol–water partition coefficient (Wildman–Crippen LogP) is 2.30. The number of benzene rings is 1. The van der Waals surface area contributed by atoms with Crippen molar-refractivity contribution in [3.05, 3.63) is 40.7 Å². The third-order valence-electron chi connectivity index (χ3n) is 3.10. The summed E-state index contributed by atoms with van der Waals surface area (Å²) in [6, 6.07) is 7.59. The smallest absolute Gasteiger partial charge is 0.266 e. The molecule has 20 heavy (non-hydrogen) atoms. The van der Waals surface area contributed by atoms with Crippen LogP contribution in [0.5, 0.6) is 0 Å². The molecule has 1 saturated heterocycles. The molecule has 1 aromatic carbocycles. The lowest BCUT2D eigenvalue weighted by Crippen LogP contribution is -2.44. The van der Waals surface area contributed by atoms with Gasteiger partial charge in [-0.25, -0.2) is 0 Å². The van der Waals surface area contributed by atoms with Crippen LogP contribution in [0.4, 0.5) is 5.95 Å². The highest BCUT2D eigenvalue weighted by molar-refractivity contribution is 6.30. The summed E-state index contributed by atoms with van der Waals surface area (Å²) in [4.78, 5) is 6.48. The molecule has 1 aromatic heterocycles. The van der Waals surface area contributed by atoms with Gasteiger partial charge in [-0.1, -0.05) is 23.7 Å². The Balaban J connectivity index is 1.70. The molecule has 0 saturated carbocycles. The molecule has 3 rings (SSSR count). The molecule has 0 bridgehead atoms. The second-order valence-electron chi connectivity index (χ2n) is 4.56. The van der Waals surface area contributed by atoms with E-state index in [2.05, 4.69) is 20.4 Å². The van der Waals surface area contributed by atoms with E-state index in [4.69, 9.17) is 16.1 Å². The van der Waals surface area contributed by atoms with Crippen LogP contribution in [0, 0.1) is 0 Å². The van der Waals surface area contributed by atoms with Gasteiger partial charge in [0.05, 0.1) is 0 Å². The number of hydrogen-bond acceptors (Lipinski definition) is 5. The molecule has 0 amide bonds. The highest BCUT2D eigenvalue weighted by Crippen LogP contribution is 2.15. The highest BCUT2D eigenvalue weighted by atomic mass is 35.5. The van der Waals surface area contributed by atoms with Gasteiger partial charge >= 0.3 is 0 Å². The van der Waals surface area contributed by atoms with E-state index in [0.717, 1.165) is 31.7 Å². The van der Waals surface area contributed by atoms with Gasteiger partial charge < -0.3 is 14.7 Å². The molecular formula is C14H15ClN4O. The van der Waals surface area contributed by atoms with Crippen molar-refractivity contribution >= 4 is 29.7 Å². The van der Waals surface area contributed by atoms with E-state index in [1.807, 2.05) is 30.3 Å². The number of nitrogens with zero attached hydrogens (tertiary/aromatic N) is 3. The van der Waals surface area contributed by atoms with Gasteiger partial charge in [0.2, 0.25) is 0 Å². The van der Waals surface area contributed by atoms with Gasteiger partial charge in [0.15, 0.2) is 0 Å². The molecule has 0 unspecified atom stereocenters. The van der Waals surface area contributed by atoms with Crippen LogP contribution in [-0.2, 0) is 0 Å². The fraction of sp³-hybridized carbons (Fsp3) is 0.286. The maximum absolute atomic E-state index is 5.93. The monoisotopic (exact) mass is 290 g/mol. The first-order valence-electron chi connectivity index (χ1n) is 6.54. The lowest BCUT2D eigenvalue weighted by molar-refractivity contribution is 0.407. The van der Waals surface area contributed by atoms with Gasteiger partial charge in [0.1, 0.15) is 0 Å². The minimum Gasteiger partial charge on any atom is -0.336 e. The topological polar surface area (TPSA) is 54.2 Å². The zero-order chi connectivity index (χ0) is 13.8. The fourth-order valence-electron chi connectivity index (χ4n) is 2.07. The molecule has 1 aliphatic rings. The van der Waals surface area contributed by atoms with Crippen molar-refractivity contribution in [2.45, 2.75) is 0 Å². The number of anilines is 1. The molecule has 6 heteroatoms. The normalized spacial score (nSPS) is 15.9. The van der Waals surface area contributed by atoms with E-state index >= 15 is 0 Å². The minimum atomic E-state index is 0.499. The van der Waals surface area contributed by atoms with Gasteiger partial charge in [-0.15, -0.1) is 0 Å². The van der Waals surface area contributed by atoms with Crippen molar-refractivity contribution in [1.82, 2.24) is 15.5 Å². The molecule has 1 aliphatic heterocycles.